The molecule has 2 rings (SSSR count). The van der Waals surface area contributed by atoms with Crippen LogP contribution < -0.4 is 9.62 Å². The van der Waals surface area contributed by atoms with Gasteiger partial charge in [0, 0.05) is 18.0 Å². The van der Waals surface area contributed by atoms with E-state index in [1.54, 1.807) is 25.1 Å². The normalized spacial score (nSPS) is 12.5. The van der Waals surface area contributed by atoms with Crippen LogP contribution in [0.1, 0.15) is 48.1 Å². The van der Waals surface area contributed by atoms with Crippen molar-refractivity contribution in [2.24, 2.45) is 0 Å². The molecule has 0 saturated carbocycles. The lowest BCUT2D eigenvalue weighted by molar-refractivity contribution is -0.121. The van der Waals surface area contributed by atoms with Crippen LogP contribution in [-0.2, 0) is 14.8 Å². The van der Waals surface area contributed by atoms with Crippen LogP contribution in [0.25, 0.3) is 0 Å². The third kappa shape index (κ3) is 6.21. The monoisotopic (exact) mass is 436 g/mol. The fraction of sp³-hybridized carbons (Fsp3) is 0.409. The second-order valence-corrected chi connectivity index (χ2v) is 9.79. The highest BCUT2D eigenvalue weighted by atomic mass is 35.5. The number of hydrogen-bond acceptors (Lipinski definition) is 3. The average Bonchev–Trinajstić information content (AvgIpc) is 2.62. The third-order valence-corrected chi connectivity index (χ3v) is 6.54. The summed E-state index contributed by atoms with van der Waals surface area (Å²) in [6.45, 7) is 8.00. The van der Waals surface area contributed by atoms with E-state index < -0.39 is 10.0 Å². The van der Waals surface area contributed by atoms with Crippen molar-refractivity contribution < 1.29 is 13.2 Å². The molecule has 29 heavy (non-hydrogen) atoms. The van der Waals surface area contributed by atoms with Crippen LogP contribution in [0.3, 0.4) is 0 Å². The molecule has 0 heterocycles. The van der Waals surface area contributed by atoms with Gasteiger partial charge in [-0.3, -0.25) is 9.10 Å². The Morgan fingerprint density at radius 2 is 1.86 bits per heavy atom. The molecule has 1 atom stereocenters. The van der Waals surface area contributed by atoms with Crippen LogP contribution in [0, 0.1) is 20.8 Å². The largest absolute Gasteiger partial charge is 0.350 e. The molecule has 0 radical (unpaired) electrons. The second-order valence-electron chi connectivity index (χ2n) is 7.47. The smallest absolute Gasteiger partial charge is 0.232 e. The van der Waals surface area contributed by atoms with Gasteiger partial charge in [0.2, 0.25) is 15.9 Å². The number of anilines is 1. The summed E-state index contributed by atoms with van der Waals surface area (Å²) >= 11 is 6.15. The lowest BCUT2D eigenvalue weighted by Crippen LogP contribution is -2.33. The first-order valence-electron chi connectivity index (χ1n) is 9.60. The second kappa shape index (κ2) is 9.63. The molecule has 1 unspecified atom stereocenters. The van der Waals surface area contributed by atoms with Crippen molar-refractivity contribution in [3.63, 3.8) is 0 Å². The first-order valence-corrected chi connectivity index (χ1v) is 11.8. The van der Waals surface area contributed by atoms with Gasteiger partial charge < -0.3 is 5.32 Å². The summed E-state index contributed by atoms with van der Waals surface area (Å²) in [5, 5.41) is 3.52. The highest BCUT2D eigenvalue weighted by Gasteiger charge is 2.20. The molecule has 0 aromatic heterocycles. The van der Waals surface area contributed by atoms with Crippen molar-refractivity contribution in [3.05, 3.63) is 63.7 Å². The number of nitrogens with one attached hydrogen (secondary N) is 1. The van der Waals surface area contributed by atoms with Gasteiger partial charge in [0.1, 0.15) is 0 Å². The molecular formula is C22H29ClN2O3S. The molecule has 0 saturated heterocycles. The van der Waals surface area contributed by atoms with E-state index in [4.69, 9.17) is 11.6 Å². The van der Waals surface area contributed by atoms with Crippen molar-refractivity contribution >= 4 is 33.2 Å². The van der Waals surface area contributed by atoms with Crippen LogP contribution in [-0.4, -0.2) is 27.1 Å². The molecule has 1 N–H and O–H groups in total. The van der Waals surface area contributed by atoms with Crippen LogP contribution in [0.15, 0.2) is 36.4 Å². The number of hydrogen-bond donors (Lipinski definition) is 1. The maximum atomic E-state index is 12.4. The van der Waals surface area contributed by atoms with Gasteiger partial charge in [-0.05, 0) is 62.9 Å². The molecule has 0 bridgehead atoms. The SMILES string of the molecule is Cc1ccc(C)c(C(C)NC(=O)CCCN(c2cccc(Cl)c2C)S(C)(=O)=O)c1. The maximum absolute atomic E-state index is 12.4. The Labute approximate surface area is 179 Å². The Balaban J connectivity index is 2.01. The Bertz CT molecular complexity index is 990. The van der Waals surface area contributed by atoms with Crippen molar-refractivity contribution in [1.82, 2.24) is 5.32 Å². The molecule has 2 aromatic rings. The quantitative estimate of drug-likeness (QED) is 0.652. The molecule has 5 nitrogen and oxygen atoms in total. The molecule has 0 spiro atoms. The number of rotatable bonds is 8. The Hall–Kier alpha value is -2.05. The number of carbonyl (C=O) groups is 1. The molecule has 7 heteroatoms. The minimum absolute atomic E-state index is 0.102. The van der Waals surface area contributed by atoms with Crippen molar-refractivity contribution in [3.8, 4) is 0 Å². The number of sulfonamides is 1. The first kappa shape index (κ1) is 23.2. The van der Waals surface area contributed by atoms with E-state index in [1.165, 1.54) is 4.31 Å². The number of aryl methyl sites for hydroxylation is 2. The molecule has 158 valence electrons. The van der Waals surface area contributed by atoms with E-state index in [-0.39, 0.29) is 24.9 Å². The molecule has 0 aliphatic carbocycles. The van der Waals surface area contributed by atoms with E-state index in [9.17, 15) is 13.2 Å². The first-order chi connectivity index (χ1) is 13.5. The summed E-state index contributed by atoms with van der Waals surface area (Å²) in [6.07, 6.45) is 1.81. The topological polar surface area (TPSA) is 66.5 Å². The third-order valence-electron chi connectivity index (χ3n) is 4.95. The van der Waals surface area contributed by atoms with Crippen LogP contribution in [0.4, 0.5) is 5.69 Å². The van der Waals surface area contributed by atoms with Crippen molar-refractivity contribution in [1.29, 1.82) is 0 Å². The van der Waals surface area contributed by atoms with E-state index in [0.717, 1.165) is 22.9 Å². The number of carbonyl (C=O) groups excluding carboxylic acids is 1. The molecule has 0 aliphatic heterocycles. The minimum atomic E-state index is -3.49. The standard InChI is InChI=1S/C22H29ClN2O3S/c1-15-11-12-16(2)19(14-15)18(4)24-22(26)10-7-13-25(29(5,27)28)21-9-6-8-20(23)17(21)3/h6,8-9,11-12,14,18H,7,10,13H2,1-5H3,(H,24,26). The minimum Gasteiger partial charge on any atom is -0.350 e. The van der Waals surface area contributed by atoms with Gasteiger partial charge in [0.25, 0.3) is 0 Å². The number of benzene rings is 2. The van der Waals surface area contributed by atoms with Crippen molar-refractivity contribution in [2.75, 3.05) is 17.1 Å². The summed E-state index contributed by atoms with van der Waals surface area (Å²) in [6, 6.07) is 11.2. The lowest BCUT2D eigenvalue weighted by atomic mass is 10.00. The van der Waals surface area contributed by atoms with Gasteiger partial charge in [-0.1, -0.05) is 41.4 Å². The van der Waals surface area contributed by atoms with Gasteiger partial charge in [-0.2, -0.15) is 0 Å². The molecule has 0 aliphatic rings. The van der Waals surface area contributed by atoms with Gasteiger partial charge in [-0.15, -0.1) is 0 Å². The molecular weight excluding hydrogens is 408 g/mol. The molecule has 0 fully saturated rings. The summed E-state index contributed by atoms with van der Waals surface area (Å²) in [5.41, 5.74) is 4.61. The fourth-order valence-electron chi connectivity index (χ4n) is 3.33. The van der Waals surface area contributed by atoms with E-state index in [1.807, 2.05) is 32.9 Å². The zero-order chi connectivity index (χ0) is 21.8. The number of nitrogens with zero attached hydrogens (tertiary/aromatic N) is 1. The van der Waals surface area contributed by atoms with Gasteiger partial charge in [0.15, 0.2) is 0 Å². The Morgan fingerprint density at radius 1 is 1.17 bits per heavy atom. The van der Waals surface area contributed by atoms with Crippen LogP contribution >= 0.6 is 11.6 Å². The predicted octanol–water partition coefficient (Wildman–Crippen LogP) is 4.69. The van der Waals surface area contributed by atoms with E-state index >= 15 is 0 Å². The highest BCUT2D eigenvalue weighted by molar-refractivity contribution is 7.92. The maximum Gasteiger partial charge on any atom is 0.232 e. The Kier molecular flexibility index (Phi) is 7.72. The van der Waals surface area contributed by atoms with E-state index in [2.05, 4.69) is 11.4 Å². The fourth-order valence-corrected chi connectivity index (χ4v) is 4.52. The zero-order valence-corrected chi connectivity index (χ0v) is 19.2. The van der Waals surface area contributed by atoms with Gasteiger partial charge >= 0.3 is 0 Å². The average molecular weight is 437 g/mol. The van der Waals surface area contributed by atoms with Crippen LogP contribution in [0.5, 0.6) is 0 Å². The highest BCUT2D eigenvalue weighted by Crippen LogP contribution is 2.28. The van der Waals surface area contributed by atoms with Gasteiger partial charge in [-0.25, -0.2) is 8.42 Å². The zero-order valence-electron chi connectivity index (χ0n) is 17.6. The molecule has 2 aromatic carbocycles. The Morgan fingerprint density at radius 3 is 2.52 bits per heavy atom. The predicted molar refractivity (Wildman–Crippen MR) is 120 cm³/mol. The van der Waals surface area contributed by atoms with Crippen LogP contribution in [0.2, 0.25) is 5.02 Å². The van der Waals surface area contributed by atoms with E-state index in [0.29, 0.717) is 22.7 Å². The number of halogens is 1. The summed E-state index contributed by atoms with van der Waals surface area (Å²) in [5.74, 6) is -0.102. The van der Waals surface area contributed by atoms with Gasteiger partial charge in [0.05, 0.1) is 18.0 Å². The summed E-state index contributed by atoms with van der Waals surface area (Å²) in [4.78, 5) is 12.4. The summed E-state index contributed by atoms with van der Waals surface area (Å²) < 4.78 is 25.9. The lowest BCUT2D eigenvalue weighted by Gasteiger charge is -2.24. The number of amides is 1. The molecule has 1 amide bonds. The van der Waals surface area contributed by atoms with Crippen molar-refractivity contribution in [2.45, 2.75) is 46.6 Å². The summed E-state index contributed by atoms with van der Waals surface area (Å²) in [7, 11) is -3.49.